The lowest BCUT2D eigenvalue weighted by Crippen LogP contribution is -2.43. The second-order valence-corrected chi connectivity index (χ2v) is 5.46. The molecule has 2 aliphatic rings. The summed E-state index contributed by atoms with van der Waals surface area (Å²) in [6.45, 7) is 2.22. The second-order valence-electron chi connectivity index (χ2n) is 5.46. The van der Waals surface area contributed by atoms with Crippen LogP contribution in [-0.2, 0) is 9.53 Å². The van der Waals surface area contributed by atoms with E-state index in [0.717, 1.165) is 32.5 Å². The van der Waals surface area contributed by atoms with Gasteiger partial charge in [0.2, 0.25) is 0 Å². The van der Waals surface area contributed by atoms with Crippen LogP contribution >= 0.6 is 0 Å². The van der Waals surface area contributed by atoms with Crippen molar-refractivity contribution < 1.29 is 19.4 Å². The highest BCUT2D eigenvalue weighted by atomic mass is 16.5. The van der Waals surface area contributed by atoms with Gasteiger partial charge in [-0.05, 0) is 38.0 Å². The minimum absolute atomic E-state index is 0.00390. The van der Waals surface area contributed by atoms with Gasteiger partial charge in [0, 0.05) is 25.8 Å². The molecule has 0 unspecified atom stereocenters. The van der Waals surface area contributed by atoms with Crippen molar-refractivity contribution >= 4 is 12.0 Å². The molecule has 6 heteroatoms. The molecule has 2 rings (SSSR count). The zero-order chi connectivity index (χ0) is 13.7. The summed E-state index contributed by atoms with van der Waals surface area (Å²) in [6, 6.07) is -0.182. The molecular formula is C13H22N2O4. The van der Waals surface area contributed by atoms with Crippen LogP contribution in [0, 0.1) is 11.8 Å². The molecule has 0 aromatic rings. The van der Waals surface area contributed by atoms with Crippen LogP contribution in [0.25, 0.3) is 0 Å². The summed E-state index contributed by atoms with van der Waals surface area (Å²) < 4.78 is 5.26. The van der Waals surface area contributed by atoms with Gasteiger partial charge in [-0.15, -0.1) is 0 Å². The molecule has 1 aliphatic heterocycles. The maximum atomic E-state index is 11.7. The van der Waals surface area contributed by atoms with Gasteiger partial charge in [-0.1, -0.05) is 0 Å². The number of amides is 2. The smallest absolute Gasteiger partial charge is 0.315 e. The maximum Gasteiger partial charge on any atom is 0.315 e. The third-order valence-electron chi connectivity index (χ3n) is 4.01. The Morgan fingerprint density at radius 1 is 1.16 bits per heavy atom. The van der Waals surface area contributed by atoms with E-state index in [0.29, 0.717) is 25.3 Å². The molecule has 2 amide bonds. The van der Waals surface area contributed by atoms with Crippen molar-refractivity contribution in [3.8, 4) is 0 Å². The highest BCUT2D eigenvalue weighted by Crippen LogP contribution is 2.25. The predicted molar refractivity (Wildman–Crippen MR) is 68.8 cm³/mol. The van der Waals surface area contributed by atoms with Crippen LogP contribution in [0.1, 0.15) is 32.1 Å². The van der Waals surface area contributed by atoms with Gasteiger partial charge in [-0.25, -0.2) is 4.79 Å². The maximum absolute atomic E-state index is 11.7. The fraction of sp³-hybridized carbons (Fsp3) is 0.846. The number of carbonyl (C=O) groups is 2. The second kappa shape index (κ2) is 6.75. The zero-order valence-electron chi connectivity index (χ0n) is 11.1. The van der Waals surface area contributed by atoms with E-state index in [9.17, 15) is 9.59 Å². The number of urea groups is 1. The minimum Gasteiger partial charge on any atom is -0.481 e. The number of aliphatic carboxylic acids is 1. The molecule has 3 N–H and O–H groups in total. The third kappa shape index (κ3) is 4.38. The number of carbonyl (C=O) groups excluding carboxylic acids is 1. The Labute approximate surface area is 112 Å². The topological polar surface area (TPSA) is 87.7 Å². The monoisotopic (exact) mass is 270 g/mol. The molecule has 0 aromatic carbocycles. The standard InChI is InChI=1S/C13H22N2O4/c16-12(17)10-1-2-11(7-10)15-13(18)14-8-9-3-5-19-6-4-9/h9-11H,1-8H2,(H,16,17)(H2,14,15,18)/t10-,11+/m1/s1. The summed E-state index contributed by atoms with van der Waals surface area (Å²) in [5, 5.41) is 14.6. The Balaban J connectivity index is 1.63. The van der Waals surface area contributed by atoms with E-state index in [1.807, 2.05) is 0 Å². The molecule has 1 heterocycles. The van der Waals surface area contributed by atoms with Crippen molar-refractivity contribution in [2.45, 2.75) is 38.1 Å². The van der Waals surface area contributed by atoms with Gasteiger partial charge in [0.1, 0.15) is 0 Å². The summed E-state index contributed by atoms with van der Waals surface area (Å²) >= 11 is 0. The van der Waals surface area contributed by atoms with Gasteiger partial charge < -0.3 is 20.5 Å². The Bertz CT molecular complexity index is 329. The molecule has 1 saturated carbocycles. The lowest BCUT2D eigenvalue weighted by atomic mass is 10.0. The summed E-state index contributed by atoms with van der Waals surface area (Å²) in [7, 11) is 0. The van der Waals surface area contributed by atoms with Crippen LogP contribution < -0.4 is 10.6 Å². The summed E-state index contributed by atoms with van der Waals surface area (Å²) in [5.74, 6) is -0.567. The van der Waals surface area contributed by atoms with E-state index < -0.39 is 5.97 Å². The molecule has 108 valence electrons. The molecule has 0 radical (unpaired) electrons. The molecule has 2 atom stereocenters. The number of carboxylic acid groups (broad SMARTS) is 1. The predicted octanol–water partition coefficient (Wildman–Crippen LogP) is 0.965. The van der Waals surface area contributed by atoms with Crippen molar-refractivity contribution in [2.75, 3.05) is 19.8 Å². The first-order chi connectivity index (χ1) is 9.15. The van der Waals surface area contributed by atoms with Gasteiger partial charge in [0.25, 0.3) is 0 Å². The van der Waals surface area contributed by atoms with E-state index in [1.54, 1.807) is 0 Å². The highest BCUT2D eigenvalue weighted by molar-refractivity contribution is 5.75. The van der Waals surface area contributed by atoms with Crippen LogP contribution in [0.5, 0.6) is 0 Å². The van der Waals surface area contributed by atoms with E-state index in [2.05, 4.69) is 10.6 Å². The SMILES string of the molecule is O=C(NCC1CCOCC1)N[C@H]1CC[C@@H](C(=O)O)C1. The van der Waals surface area contributed by atoms with Gasteiger partial charge in [-0.2, -0.15) is 0 Å². The fourth-order valence-electron chi connectivity index (χ4n) is 2.76. The highest BCUT2D eigenvalue weighted by Gasteiger charge is 2.30. The Kier molecular flexibility index (Phi) is 5.01. The summed E-state index contributed by atoms with van der Waals surface area (Å²) in [4.78, 5) is 22.5. The summed E-state index contributed by atoms with van der Waals surface area (Å²) in [6.07, 6.45) is 3.93. The average Bonchev–Trinajstić information content (AvgIpc) is 2.86. The molecule has 0 aromatic heterocycles. The van der Waals surface area contributed by atoms with Crippen molar-refractivity contribution in [2.24, 2.45) is 11.8 Å². The molecule has 0 bridgehead atoms. The van der Waals surface area contributed by atoms with Crippen LogP contribution in [0.2, 0.25) is 0 Å². The van der Waals surface area contributed by atoms with Crippen molar-refractivity contribution in [1.82, 2.24) is 10.6 Å². The number of hydrogen-bond donors (Lipinski definition) is 3. The molecular weight excluding hydrogens is 248 g/mol. The molecule has 1 aliphatic carbocycles. The first-order valence-corrected chi connectivity index (χ1v) is 7.00. The van der Waals surface area contributed by atoms with E-state index in [1.165, 1.54) is 0 Å². The summed E-state index contributed by atoms with van der Waals surface area (Å²) in [5.41, 5.74) is 0. The Morgan fingerprint density at radius 3 is 2.53 bits per heavy atom. The van der Waals surface area contributed by atoms with Crippen molar-refractivity contribution in [3.05, 3.63) is 0 Å². The quantitative estimate of drug-likeness (QED) is 0.710. The normalized spacial score (nSPS) is 28.0. The lowest BCUT2D eigenvalue weighted by molar-refractivity contribution is -0.141. The van der Waals surface area contributed by atoms with E-state index in [-0.39, 0.29) is 18.0 Å². The largest absolute Gasteiger partial charge is 0.481 e. The number of hydrogen-bond acceptors (Lipinski definition) is 3. The molecule has 6 nitrogen and oxygen atoms in total. The third-order valence-corrected chi connectivity index (χ3v) is 4.01. The molecule has 19 heavy (non-hydrogen) atoms. The first kappa shape index (κ1) is 14.1. The molecule has 0 spiro atoms. The van der Waals surface area contributed by atoms with Crippen LogP contribution in [0.15, 0.2) is 0 Å². The number of ether oxygens (including phenoxy) is 1. The first-order valence-electron chi connectivity index (χ1n) is 7.00. The van der Waals surface area contributed by atoms with Gasteiger partial charge in [-0.3, -0.25) is 4.79 Å². The van der Waals surface area contributed by atoms with E-state index in [4.69, 9.17) is 9.84 Å². The zero-order valence-corrected chi connectivity index (χ0v) is 11.1. The van der Waals surface area contributed by atoms with Crippen molar-refractivity contribution in [1.29, 1.82) is 0 Å². The number of carboxylic acids is 1. The number of rotatable bonds is 4. The molecule has 2 fully saturated rings. The Hall–Kier alpha value is -1.30. The fourth-order valence-corrected chi connectivity index (χ4v) is 2.76. The van der Waals surface area contributed by atoms with Crippen LogP contribution in [0.4, 0.5) is 4.79 Å². The average molecular weight is 270 g/mol. The minimum atomic E-state index is -0.757. The molecule has 1 saturated heterocycles. The van der Waals surface area contributed by atoms with Crippen LogP contribution in [0.3, 0.4) is 0 Å². The lowest BCUT2D eigenvalue weighted by Gasteiger charge is -2.22. The number of nitrogens with one attached hydrogen (secondary N) is 2. The Morgan fingerprint density at radius 2 is 1.89 bits per heavy atom. The van der Waals surface area contributed by atoms with E-state index >= 15 is 0 Å². The van der Waals surface area contributed by atoms with Gasteiger partial charge in [0.15, 0.2) is 0 Å². The van der Waals surface area contributed by atoms with Gasteiger partial charge in [0.05, 0.1) is 5.92 Å². The van der Waals surface area contributed by atoms with Crippen molar-refractivity contribution in [3.63, 3.8) is 0 Å². The van der Waals surface area contributed by atoms with Crippen LogP contribution in [-0.4, -0.2) is 42.9 Å². The van der Waals surface area contributed by atoms with Gasteiger partial charge >= 0.3 is 12.0 Å².